The summed E-state index contributed by atoms with van der Waals surface area (Å²) in [6.45, 7) is 2.25. The van der Waals surface area contributed by atoms with Crippen molar-refractivity contribution < 1.29 is 0 Å². The Hall–Kier alpha value is 0.660. The van der Waals surface area contributed by atoms with Crippen LogP contribution in [0.5, 0.6) is 0 Å². The molecule has 1 unspecified atom stereocenters. The van der Waals surface area contributed by atoms with E-state index in [0.29, 0.717) is 0 Å². The second kappa shape index (κ2) is 6.20. The predicted octanol–water partition coefficient (Wildman–Crippen LogP) is 4.86. The average molecular weight is 326 g/mol. The second-order valence-corrected chi connectivity index (χ2v) is 5.71. The van der Waals surface area contributed by atoms with Crippen molar-refractivity contribution in [3.8, 4) is 0 Å². The lowest BCUT2D eigenvalue weighted by atomic mass is 10.0. The number of hydrogen-bond acceptors (Lipinski definition) is 1. The lowest BCUT2D eigenvalue weighted by molar-refractivity contribution is 0.537. The maximum Gasteiger partial charge on any atom is 0.0314 e. The SMILES string of the molecule is CCCC(CBr)Cc1sccc1Br. The Balaban J connectivity index is 2.51. The second-order valence-electron chi connectivity index (χ2n) is 3.20. The van der Waals surface area contributed by atoms with E-state index in [1.165, 1.54) is 28.6 Å². The summed E-state index contributed by atoms with van der Waals surface area (Å²) in [5.41, 5.74) is 0. The van der Waals surface area contributed by atoms with E-state index in [2.05, 4.69) is 50.2 Å². The van der Waals surface area contributed by atoms with E-state index in [1.807, 2.05) is 11.3 Å². The minimum atomic E-state index is 0.792. The van der Waals surface area contributed by atoms with Crippen LogP contribution in [0.4, 0.5) is 0 Å². The molecule has 0 fully saturated rings. The third-order valence-corrected chi connectivity index (χ3v) is 4.94. The third-order valence-electron chi connectivity index (χ3n) is 2.08. The monoisotopic (exact) mass is 324 g/mol. The van der Waals surface area contributed by atoms with Gasteiger partial charge in [-0.25, -0.2) is 0 Å². The van der Waals surface area contributed by atoms with E-state index in [1.54, 1.807) is 0 Å². The molecule has 0 saturated carbocycles. The van der Waals surface area contributed by atoms with Gasteiger partial charge in [-0.1, -0.05) is 29.3 Å². The zero-order chi connectivity index (χ0) is 9.68. The lowest BCUT2D eigenvalue weighted by Gasteiger charge is -2.11. The molecule has 0 aromatic carbocycles. The molecule has 0 aliphatic rings. The quantitative estimate of drug-likeness (QED) is 0.678. The van der Waals surface area contributed by atoms with Gasteiger partial charge in [0.2, 0.25) is 0 Å². The van der Waals surface area contributed by atoms with Crippen LogP contribution in [0.1, 0.15) is 24.6 Å². The van der Waals surface area contributed by atoms with E-state index in [0.717, 1.165) is 11.2 Å². The molecular weight excluding hydrogens is 312 g/mol. The van der Waals surface area contributed by atoms with Crippen molar-refractivity contribution in [2.24, 2.45) is 5.92 Å². The third kappa shape index (κ3) is 3.72. The first-order chi connectivity index (χ1) is 6.27. The molecule has 74 valence electrons. The number of rotatable bonds is 5. The number of thiophene rings is 1. The molecular formula is C10H14Br2S. The van der Waals surface area contributed by atoms with Gasteiger partial charge in [0.15, 0.2) is 0 Å². The van der Waals surface area contributed by atoms with Gasteiger partial charge >= 0.3 is 0 Å². The smallest absolute Gasteiger partial charge is 0.0314 e. The van der Waals surface area contributed by atoms with Crippen molar-refractivity contribution in [3.63, 3.8) is 0 Å². The molecule has 1 heterocycles. The van der Waals surface area contributed by atoms with Crippen LogP contribution >= 0.6 is 43.2 Å². The van der Waals surface area contributed by atoms with Gasteiger partial charge in [0, 0.05) is 14.7 Å². The Labute approximate surface area is 101 Å². The first-order valence-electron chi connectivity index (χ1n) is 4.55. The van der Waals surface area contributed by atoms with E-state index < -0.39 is 0 Å². The molecule has 1 atom stereocenters. The van der Waals surface area contributed by atoms with Crippen molar-refractivity contribution in [1.29, 1.82) is 0 Å². The maximum atomic E-state index is 3.58. The van der Waals surface area contributed by atoms with Gasteiger partial charge in [-0.05, 0) is 46.1 Å². The van der Waals surface area contributed by atoms with Gasteiger partial charge in [-0.15, -0.1) is 11.3 Å². The summed E-state index contributed by atoms with van der Waals surface area (Å²) in [6, 6.07) is 2.14. The fraction of sp³-hybridized carbons (Fsp3) is 0.600. The molecule has 0 spiro atoms. The highest BCUT2D eigenvalue weighted by Gasteiger charge is 2.10. The topological polar surface area (TPSA) is 0 Å². The van der Waals surface area contributed by atoms with Crippen molar-refractivity contribution in [2.75, 3.05) is 5.33 Å². The first-order valence-corrected chi connectivity index (χ1v) is 7.35. The van der Waals surface area contributed by atoms with Gasteiger partial charge in [0.05, 0.1) is 0 Å². The van der Waals surface area contributed by atoms with Crippen LogP contribution in [-0.2, 0) is 6.42 Å². The van der Waals surface area contributed by atoms with Gasteiger partial charge in [-0.2, -0.15) is 0 Å². The Morgan fingerprint density at radius 2 is 2.31 bits per heavy atom. The highest BCUT2D eigenvalue weighted by Crippen LogP contribution is 2.27. The summed E-state index contributed by atoms with van der Waals surface area (Å²) in [5.74, 6) is 0.792. The summed E-state index contributed by atoms with van der Waals surface area (Å²) in [6.07, 6.45) is 3.80. The molecule has 3 heteroatoms. The highest BCUT2D eigenvalue weighted by molar-refractivity contribution is 9.10. The van der Waals surface area contributed by atoms with Gasteiger partial charge in [0.1, 0.15) is 0 Å². The van der Waals surface area contributed by atoms with Crippen LogP contribution < -0.4 is 0 Å². The molecule has 0 bridgehead atoms. The molecule has 0 radical (unpaired) electrons. The fourth-order valence-electron chi connectivity index (χ4n) is 1.37. The van der Waals surface area contributed by atoms with Crippen LogP contribution in [0.15, 0.2) is 15.9 Å². The van der Waals surface area contributed by atoms with Crippen molar-refractivity contribution in [1.82, 2.24) is 0 Å². The van der Waals surface area contributed by atoms with E-state index in [4.69, 9.17) is 0 Å². The number of alkyl halides is 1. The standard InChI is InChI=1S/C10H14Br2S/c1-2-3-8(7-11)6-10-9(12)4-5-13-10/h4-5,8H,2-3,6-7H2,1H3. The van der Waals surface area contributed by atoms with Gasteiger partial charge in [0.25, 0.3) is 0 Å². The van der Waals surface area contributed by atoms with Crippen molar-refractivity contribution >= 4 is 43.2 Å². The largest absolute Gasteiger partial charge is 0.148 e. The molecule has 0 amide bonds. The van der Waals surface area contributed by atoms with Crippen LogP contribution in [0, 0.1) is 5.92 Å². The number of hydrogen-bond donors (Lipinski definition) is 0. The Morgan fingerprint density at radius 1 is 1.54 bits per heavy atom. The van der Waals surface area contributed by atoms with E-state index in [-0.39, 0.29) is 0 Å². The Bertz CT molecular complexity index is 245. The minimum Gasteiger partial charge on any atom is -0.148 e. The predicted molar refractivity (Wildman–Crippen MR) is 67.9 cm³/mol. The zero-order valence-electron chi connectivity index (χ0n) is 7.72. The molecule has 0 aliphatic carbocycles. The summed E-state index contributed by atoms with van der Waals surface area (Å²) in [5, 5.41) is 3.27. The van der Waals surface area contributed by atoms with Crippen LogP contribution in [0.2, 0.25) is 0 Å². The Kier molecular flexibility index (Phi) is 5.60. The van der Waals surface area contributed by atoms with Gasteiger partial charge in [-0.3, -0.25) is 0 Å². The molecule has 1 rings (SSSR count). The van der Waals surface area contributed by atoms with Gasteiger partial charge < -0.3 is 0 Å². The molecule has 0 saturated heterocycles. The first kappa shape index (κ1) is 11.7. The average Bonchev–Trinajstić information content (AvgIpc) is 2.51. The minimum absolute atomic E-state index is 0.792. The van der Waals surface area contributed by atoms with E-state index in [9.17, 15) is 0 Å². The summed E-state index contributed by atoms with van der Waals surface area (Å²) in [7, 11) is 0. The molecule has 1 aromatic heterocycles. The lowest BCUT2D eigenvalue weighted by Crippen LogP contribution is -2.04. The molecule has 0 nitrogen and oxygen atoms in total. The zero-order valence-corrected chi connectivity index (χ0v) is 11.7. The molecule has 1 aromatic rings. The van der Waals surface area contributed by atoms with E-state index >= 15 is 0 Å². The van der Waals surface area contributed by atoms with Crippen molar-refractivity contribution in [3.05, 3.63) is 20.8 Å². The summed E-state index contributed by atoms with van der Waals surface area (Å²) >= 11 is 9.00. The number of halogens is 2. The summed E-state index contributed by atoms with van der Waals surface area (Å²) in [4.78, 5) is 1.48. The fourth-order valence-corrected chi connectivity index (χ4v) is 3.56. The maximum absolute atomic E-state index is 3.58. The van der Waals surface area contributed by atoms with Crippen LogP contribution in [0.3, 0.4) is 0 Å². The van der Waals surface area contributed by atoms with Crippen LogP contribution in [0.25, 0.3) is 0 Å². The summed E-state index contributed by atoms with van der Waals surface area (Å²) < 4.78 is 1.28. The van der Waals surface area contributed by atoms with Crippen LogP contribution in [-0.4, -0.2) is 5.33 Å². The highest BCUT2D eigenvalue weighted by atomic mass is 79.9. The van der Waals surface area contributed by atoms with Crippen molar-refractivity contribution in [2.45, 2.75) is 26.2 Å². The Morgan fingerprint density at radius 3 is 2.77 bits per heavy atom. The molecule has 0 N–H and O–H groups in total. The normalized spacial score (nSPS) is 13.2. The molecule has 0 aliphatic heterocycles. The molecule has 13 heavy (non-hydrogen) atoms.